The fourth-order valence-corrected chi connectivity index (χ4v) is 1.68. The Bertz CT molecular complexity index is 1310. The number of hydrogen-bond donors (Lipinski definition) is 3. The van der Waals surface area contributed by atoms with Crippen LogP contribution >= 0.6 is 0 Å². The number of fused-ring (bicyclic) bond motifs is 2. The second kappa shape index (κ2) is 35.2. The van der Waals surface area contributed by atoms with Crippen LogP contribution in [0.5, 0.6) is 23.0 Å². The monoisotopic (exact) mass is 783 g/mol. The molecule has 0 bridgehead atoms. The van der Waals surface area contributed by atoms with Crippen LogP contribution in [0.2, 0.25) is 0 Å². The number of anilines is 2. The summed E-state index contributed by atoms with van der Waals surface area (Å²) in [6, 6.07) is 10.4. The molecule has 0 radical (unpaired) electrons. The molecule has 3 N–H and O–H groups in total. The zero-order valence-corrected chi connectivity index (χ0v) is 43.7. The zero-order chi connectivity index (χ0) is 29.1. The van der Waals surface area contributed by atoms with Gasteiger partial charge in [-0.1, -0.05) is 12.1 Å². The van der Waals surface area contributed by atoms with Gasteiger partial charge in [-0.2, -0.15) is 0 Å². The van der Waals surface area contributed by atoms with Gasteiger partial charge in [0.2, 0.25) is 0 Å². The second-order valence-electron chi connectivity index (χ2n) is 5.16. The van der Waals surface area contributed by atoms with Crippen molar-refractivity contribution >= 4 is 53.0 Å². The van der Waals surface area contributed by atoms with Crippen LogP contribution in [0, 0.1) is 0 Å². The van der Waals surface area contributed by atoms with Crippen LogP contribution in [-0.4, -0.2) is 80.3 Å². The van der Waals surface area contributed by atoms with Crippen LogP contribution in [0.25, 0.3) is 0 Å². The molecule has 3 rings (SSSR count). The van der Waals surface area contributed by atoms with Crippen molar-refractivity contribution in [1.29, 1.82) is 0 Å². The van der Waals surface area contributed by atoms with E-state index in [9.17, 15) is 10.2 Å². The van der Waals surface area contributed by atoms with E-state index in [0.29, 0.717) is 17.2 Å². The van der Waals surface area contributed by atoms with E-state index in [0.717, 1.165) is 5.69 Å². The summed E-state index contributed by atoms with van der Waals surface area (Å²) >= 11 is 0. The van der Waals surface area contributed by atoms with Crippen molar-refractivity contribution in [3.8, 4) is 23.0 Å². The molecule has 0 unspecified atom stereocenters. The van der Waals surface area contributed by atoms with E-state index in [1.54, 1.807) is 6.07 Å². The summed E-state index contributed by atoms with van der Waals surface area (Å²) in [5.41, 5.74) is 1.15. The summed E-state index contributed by atoms with van der Waals surface area (Å²) in [5.74, 6) is 0.815. The Morgan fingerprint density at radius 1 is 0.500 bits per heavy atom. The Morgan fingerprint density at radius 3 is 1.11 bits per heavy atom. The molecule has 0 amide bonds. The maximum Gasteiger partial charge on any atom is 1.00 e. The number of aromatic hydroxyl groups is 2. The number of hydrogen-bond acceptors (Lipinski definition) is 20. The van der Waals surface area contributed by atoms with Gasteiger partial charge in [0, 0.05) is 41.6 Å². The minimum absolute atomic E-state index is 0. The molecule has 0 fully saturated rings. The third-order valence-electron chi connectivity index (χ3n) is 2.49. The second-order valence-corrected chi connectivity index (χ2v) is 8.43. The molecule has 1 heterocycles. The van der Waals surface area contributed by atoms with Gasteiger partial charge in [0.05, 0.1) is 5.69 Å². The van der Waals surface area contributed by atoms with E-state index in [1.165, 1.54) is 6.07 Å². The summed E-state index contributed by atoms with van der Waals surface area (Å²) in [5, 5.41) is 22.1. The molecule has 0 saturated heterocycles. The smallest absolute Gasteiger partial charge is 0.759 e. The number of para-hydroxylation sites is 2. The van der Waals surface area contributed by atoms with Gasteiger partial charge in [-0.3, -0.25) is 33.7 Å². The minimum Gasteiger partial charge on any atom is -0.759 e. The molecule has 44 heavy (non-hydrogen) atoms. The zero-order valence-electron chi connectivity index (χ0n) is 24.4. The van der Waals surface area contributed by atoms with Crippen LogP contribution in [0.4, 0.5) is 11.4 Å². The van der Waals surface area contributed by atoms with E-state index in [2.05, 4.69) is 5.32 Å². The van der Waals surface area contributed by atoms with E-state index < -0.39 is 41.6 Å². The summed E-state index contributed by atoms with van der Waals surface area (Å²) < 4.78 is 142. The van der Waals surface area contributed by atoms with Gasteiger partial charge in [-0.05, 0) is 24.3 Å². The molecule has 208 valence electrons. The predicted molar refractivity (Wildman–Crippen MR) is 101 cm³/mol. The molecule has 1 aliphatic rings. The molecule has 0 spiro atoms. The maximum atomic E-state index is 9.68. The van der Waals surface area contributed by atoms with Crippen LogP contribution in [-0.2, 0) is 41.6 Å². The molecular formula is C12H9NNa8O19S4. The number of ether oxygens (including phenoxy) is 1. The van der Waals surface area contributed by atoms with E-state index in [-0.39, 0.29) is 248 Å². The molecule has 32 heteroatoms. The van der Waals surface area contributed by atoms with Crippen molar-refractivity contribution in [3.05, 3.63) is 36.4 Å². The van der Waals surface area contributed by atoms with Crippen molar-refractivity contribution < 1.29 is 322 Å². The summed E-state index contributed by atoms with van der Waals surface area (Å²) in [4.78, 5) is 0. The van der Waals surface area contributed by atoms with Crippen LogP contribution in [0.1, 0.15) is 0 Å². The molecule has 0 saturated carbocycles. The molecule has 2 aromatic rings. The normalized spacial score (nSPS) is 9.64. The third kappa shape index (κ3) is 59.3. The number of phenolic OH excluding ortho intramolecular Hbond substituents is 2. The van der Waals surface area contributed by atoms with Gasteiger partial charge in [0.25, 0.3) is 0 Å². The van der Waals surface area contributed by atoms with Crippen molar-refractivity contribution in [2.45, 2.75) is 0 Å². The average Bonchev–Trinajstić information content (AvgIpc) is 2.58. The van der Waals surface area contributed by atoms with E-state index in [1.807, 2.05) is 24.3 Å². The van der Waals surface area contributed by atoms with E-state index >= 15 is 0 Å². The van der Waals surface area contributed by atoms with Gasteiger partial charge in [0.15, 0.2) is 23.0 Å². The first-order chi connectivity index (χ1) is 15.8. The molecule has 0 aromatic heterocycles. The van der Waals surface area contributed by atoms with Crippen molar-refractivity contribution in [2.75, 3.05) is 5.32 Å². The predicted octanol–water partition coefficient (Wildman–Crippen LogP) is -26.4. The van der Waals surface area contributed by atoms with Crippen LogP contribution in [0.15, 0.2) is 36.4 Å². The maximum absolute atomic E-state index is 9.68. The Kier molecular flexibility index (Phi) is 59.4. The molecule has 0 atom stereocenters. The average molecular weight is 783 g/mol. The Balaban J connectivity index is -0.0000000448. The summed E-state index contributed by atoms with van der Waals surface area (Å²) in [6.07, 6.45) is 0. The third-order valence-corrected chi connectivity index (χ3v) is 2.49. The molecule has 2 aromatic carbocycles. The Labute approximate surface area is 430 Å². The number of rotatable bonds is 0. The number of benzene rings is 2. The minimum atomic E-state index is -5.17. The standard InChI is InChI=1S/C12H9NO3.8Na.4H2O4S/c14-8-5-6-10-11(12(8)15)13-7-3-1-2-4-9(7)16-10;;;;;;;;;4*1-5(2,3)4/h1-6,13-15H;;;;;;;;;4*(H2,1,2,3,4)/q;8*+1;;;;/p-8. The first-order valence-electron chi connectivity index (χ1n) is 7.51. The van der Waals surface area contributed by atoms with Gasteiger partial charge < -0.3 is 56.7 Å². The van der Waals surface area contributed by atoms with Crippen LogP contribution in [0.3, 0.4) is 0 Å². The molecule has 0 aliphatic carbocycles. The number of phenols is 2. The van der Waals surface area contributed by atoms with Crippen molar-refractivity contribution in [3.63, 3.8) is 0 Å². The summed E-state index contributed by atoms with van der Waals surface area (Å²) in [7, 11) is -20.7. The molecular weight excluding hydrogens is 774 g/mol. The van der Waals surface area contributed by atoms with Gasteiger partial charge >= 0.3 is 236 Å². The van der Waals surface area contributed by atoms with Crippen molar-refractivity contribution in [2.24, 2.45) is 0 Å². The Morgan fingerprint density at radius 2 is 0.795 bits per heavy atom. The number of nitrogens with one attached hydrogen (secondary N) is 1. The fourth-order valence-electron chi connectivity index (χ4n) is 1.68. The van der Waals surface area contributed by atoms with Crippen LogP contribution < -0.4 is 247 Å². The van der Waals surface area contributed by atoms with Gasteiger partial charge in [-0.15, -0.1) is 0 Å². The quantitative estimate of drug-likeness (QED) is 0.0824. The first kappa shape index (κ1) is 74.3. The topological polar surface area (TPSA) is 383 Å². The summed E-state index contributed by atoms with van der Waals surface area (Å²) in [6.45, 7) is 0. The van der Waals surface area contributed by atoms with Gasteiger partial charge in [-0.25, -0.2) is 0 Å². The SMILES string of the molecule is O=S(=O)([O-])[O-].O=S(=O)([O-])[O-].O=S(=O)([O-])[O-].O=S(=O)([O-])[O-].Oc1ccc2c(c1O)Nc1ccccc1O2.[Na+].[Na+].[Na+].[Na+].[Na+].[Na+].[Na+].[Na+]. The fraction of sp³-hybridized carbons (Fsp3) is 0. The van der Waals surface area contributed by atoms with Gasteiger partial charge in [0.1, 0.15) is 5.69 Å². The Hall–Kier alpha value is 5.12. The molecule has 1 aliphatic heterocycles. The largest absolute Gasteiger partial charge is 1.00 e. The first-order valence-corrected chi connectivity index (χ1v) is 12.8. The van der Waals surface area contributed by atoms with Crippen molar-refractivity contribution in [1.82, 2.24) is 0 Å². The van der Waals surface area contributed by atoms with E-state index in [4.69, 9.17) is 74.8 Å². The molecule has 20 nitrogen and oxygen atoms in total.